The van der Waals surface area contributed by atoms with E-state index < -0.39 is 6.04 Å². The van der Waals surface area contributed by atoms with Gasteiger partial charge in [-0.05, 0) is 36.3 Å². The van der Waals surface area contributed by atoms with Crippen LogP contribution in [-0.2, 0) is 4.79 Å². The van der Waals surface area contributed by atoms with E-state index in [0.717, 1.165) is 16.9 Å². The fourth-order valence-electron chi connectivity index (χ4n) is 2.92. The van der Waals surface area contributed by atoms with E-state index >= 15 is 0 Å². The van der Waals surface area contributed by atoms with Crippen molar-refractivity contribution in [1.82, 2.24) is 10.2 Å². The summed E-state index contributed by atoms with van der Waals surface area (Å²) in [5, 5.41) is 2.93. The van der Waals surface area contributed by atoms with Crippen molar-refractivity contribution < 1.29 is 14.3 Å². The largest absolute Gasteiger partial charge is 0.497 e. The first-order chi connectivity index (χ1) is 13.1. The standard InChI is InChI=1S/C22H22N2O3/c1-3-24-15-19(21(23-22(24)26)17-7-5-4-6-8-17)20(25)14-11-16-9-12-18(27-2)13-10-16/h4-15,21H,3H2,1-2H3,(H,23,26). The number of carbonyl (C=O) groups excluding carboxylic acids is 2. The Labute approximate surface area is 158 Å². The average Bonchev–Trinajstić information content (AvgIpc) is 2.72. The molecule has 0 aliphatic carbocycles. The van der Waals surface area contributed by atoms with Crippen LogP contribution in [0.15, 0.2) is 72.4 Å². The highest BCUT2D eigenvalue weighted by atomic mass is 16.5. The van der Waals surface area contributed by atoms with Gasteiger partial charge in [-0.1, -0.05) is 48.5 Å². The number of methoxy groups -OCH3 is 1. The van der Waals surface area contributed by atoms with Gasteiger partial charge in [-0.3, -0.25) is 4.79 Å². The molecule has 0 radical (unpaired) electrons. The molecule has 0 saturated heterocycles. The van der Waals surface area contributed by atoms with Gasteiger partial charge in [-0.2, -0.15) is 0 Å². The first kappa shape index (κ1) is 18.5. The zero-order valence-corrected chi connectivity index (χ0v) is 15.4. The van der Waals surface area contributed by atoms with Crippen LogP contribution >= 0.6 is 0 Å². The molecule has 5 nitrogen and oxygen atoms in total. The van der Waals surface area contributed by atoms with E-state index in [4.69, 9.17) is 4.74 Å². The summed E-state index contributed by atoms with van der Waals surface area (Å²) in [6.07, 6.45) is 4.95. The third kappa shape index (κ3) is 4.26. The van der Waals surface area contributed by atoms with Gasteiger partial charge in [0.1, 0.15) is 5.75 Å². The third-order valence-corrected chi connectivity index (χ3v) is 4.44. The van der Waals surface area contributed by atoms with Gasteiger partial charge in [0.15, 0.2) is 5.78 Å². The van der Waals surface area contributed by atoms with Crippen LogP contribution in [0.2, 0.25) is 0 Å². The van der Waals surface area contributed by atoms with E-state index in [2.05, 4.69) is 5.32 Å². The number of ketones is 1. The van der Waals surface area contributed by atoms with Gasteiger partial charge < -0.3 is 15.0 Å². The number of benzene rings is 2. The molecule has 0 fully saturated rings. The fraction of sp³-hybridized carbons (Fsp3) is 0.182. The maximum atomic E-state index is 12.9. The van der Waals surface area contributed by atoms with Gasteiger partial charge >= 0.3 is 6.03 Å². The van der Waals surface area contributed by atoms with Crippen molar-refractivity contribution >= 4 is 17.9 Å². The third-order valence-electron chi connectivity index (χ3n) is 4.44. The summed E-state index contributed by atoms with van der Waals surface area (Å²) in [5.74, 6) is 0.622. The summed E-state index contributed by atoms with van der Waals surface area (Å²) in [5.41, 5.74) is 2.31. The molecule has 2 aromatic carbocycles. The molecule has 0 saturated carbocycles. The lowest BCUT2D eigenvalue weighted by molar-refractivity contribution is -0.111. The Morgan fingerprint density at radius 1 is 1.15 bits per heavy atom. The highest BCUT2D eigenvalue weighted by Crippen LogP contribution is 2.27. The summed E-state index contributed by atoms with van der Waals surface area (Å²) in [6.45, 7) is 2.36. The number of ether oxygens (including phenoxy) is 1. The molecule has 0 aromatic heterocycles. The Kier molecular flexibility index (Phi) is 5.71. The van der Waals surface area contributed by atoms with Gasteiger partial charge in [0.25, 0.3) is 0 Å². The maximum absolute atomic E-state index is 12.9. The van der Waals surface area contributed by atoms with Crippen LogP contribution in [0.5, 0.6) is 5.75 Å². The lowest BCUT2D eigenvalue weighted by Gasteiger charge is -2.31. The van der Waals surface area contributed by atoms with Crippen molar-refractivity contribution in [3.8, 4) is 5.75 Å². The van der Waals surface area contributed by atoms with Gasteiger partial charge in [0.2, 0.25) is 0 Å². The van der Waals surface area contributed by atoms with E-state index in [0.29, 0.717) is 12.1 Å². The molecular weight excluding hydrogens is 340 g/mol. The number of carbonyl (C=O) groups is 2. The summed E-state index contributed by atoms with van der Waals surface area (Å²) < 4.78 is 5.14. The molecule has 2 aromatic rings. The van der Waals surface area contributed by atoms with E-state index in [1.807, 2.05) is 61.5 Å². The highest BCUT2D eigenvalue weighted by Gasteiger charge is 2.30. The number of rotatable bonds is 6. The van der Waals surface area contributed by atoms with Crippen molar-refractivity contribution in [3.63, 3.8) is 0 Å². The predicted molar refractivity (Wildman–Crippen MR) is 105 cm³/mol. The number of amides is 2. The van der Waals surface area contributed by atoms with Crippen LogP contribution in [0.1, 0.15) is 24.1 Å². The van der Waals surface area contributed by atoms with Crippen molar-refractivity contribution in [2.24, 2.45) is 0 Å². The Morgan fingerprint density at radius 2 is 1.85 bits per heavy atom. The van der Waals surface area contributed by atoms with Crippen molar-refractivity contribution in [2.45, 2.75) is 13.0 Å². The first-order valence-electron chi connectivity index (χ1n) is 8.82. The van der Waals surface area contributed by atoms with Crippen molar-refractivity contribution in [1.29, 1.82) is 0 Å². The SMILES string of the molecule is CCN1C=C(C(=O)C=Cc2ccc(OC)cc2)C(c2ccccc2)NC1=O. The van der Waals surface area contributed by atoms with E-state index in [9.17, 15) is 9.59 Å². The second-order valence-corrected chi connectivity index (χ2v) is 6.13. The summed E-state index contributed by atoms with van der Waals surface area (Å²) in [6, 6.07) is 16.3. The normalized spacial score (nSPS) is 16.8. The van der Waals surface area contributed by atoms with Crippen LogP contribution < -0.4 is 10.1 Å². The monoisotopic (exact) mass is 362 g/mol. The second kappa shape index (κ2) is 8.36. The molecule has 0 spiro atoms. The number of hydrogen-bond donors (Lipinski definition) is 1. The van der Waals surface area contributed by atoms with E-state index in [1.165, 1.54) is 11.0 Å². The molecule has 1 unspecified atom stereocenters. The maximum Gasteiger partial charge on any atom is 0.322 e. The number of nitrogens with one attached hydrogen (secondary N) is 1. The van der Waals surface area contributed by atoms with Crippen LogP contribution in [0.3, 0.4) is 0 Å². The first-order valence-corrected chi connectivity index (χ1v) is 8.82. The molecule has 138 valence electrons. The summed E-state index contributed by atoms with van der Waals surface area (Å²) in [7, 11) is 1.61. The molecular formula is C22H22N2O3. The smallest absolute Gasteiger partial charge is 0.322 e. The number of urea groups is 1. The summed E-state index contributed by atoms with van der Waals surface area (Å²) >= 11 is 0. The topological polar surface area (TPSA) is 58.6 Å². The van der Waals surface area contributed by atoms with Crippen LogP contribution in [0.4, 0.5) is 4.79 Å². The minimum atomic E-state index is -0.463. The molecule has 1 atom stereocenters. The number of hydrogen-bond acceptors (Lipinski definition) is 3. The zero-order valence-electron chi connectivity index (χ0n) is 15.4. The minimum absolute atomic E-state index is 0.141. The second-order valence-electron chi connectivity index (χ2n) is 6.13. The Balaban J connectivity index is 1.87. The fourth-order valence-corrected chi connectivity index (χ4v) is 2.92. The lowest BCUT2D eigenvalue weighted by atomic mass is 9.94. The molecule has 2 amide bonds. The molecule has 5 heteroatoms. The molecule has 0 bridgehead atoms. The van der Waals surface area contributed by atoms with Crippen LogP contribution in [-0.4, -0.2) is 30.4 Å². The number of nitrogens with zero attached hydrogens (tertiary/aromatic N) is 1. The molecule has 3 rings (SSSR count). The van der Waals surface area contributed by atoms with Gasteiger partial charge in [0.05, 0.1) is 13.2 Å². The van der Waals surface area contributed by atoms with E-state index in [1.54, 1.807) is 19.4 Å². The van der Waals surface area contributed by atoms with Crippen molar-refractivity contribution in [2.75, 3.05) is 13.7 Å². The van der Waals surface area contributed by atoms with Crippen LogP contribution in [0, 0.1) is 0 Å². The predicted octanol–water partition coefficient (Wildman–Crippen LogP) is 3.95. The average molecular weight is 362 g/mol. The molecule has 1 N–H and O–H groups in total. The quantitative estimate of drug-likeness (QED) is 0.792. The molecule has 1 aliphatic heterocycles. The van der Waals surface area contributed by atoms with Crippen LogP contribution in [0.25, 0.3) is 6.08 Å². The highest BCUT2D eigenvalue weighted by molar-refractivity contribution is 6.08. The minimum Gasteiger partial charge on any atom is -0.497 e. The Morgan fingerprint density at radius 3 is 2.48 bits per heavy atom. The molecule has 1 aliphatic rings. The van der Waals surface area contributed by atoms with Crippen molar-refractivity contribution in [3.05, 3.63) is 83.6 Å². The Hall–Kier alpha value is -3.34. The van der Waals surface area contributed by atoms with Gasteiger partial charge in [0, 0.05) is 18.3 Å². The molecule has 1 heterocycles. The summed E-state index contributed by atoms with van der Waals surface area (Å²) in [4.78, 5) is 26.6. The Bertz CT molecular complexity index is 870. The lowest BCUT2D eigenvalue weighted by Crippen LogP contribution is -2.44. The van der Waals surface area contributed by atoms with Gasteiger partial charge in [-0.15, -0.1) is 0 Å². The molecule has 27 heavy (non-hydrogen) atoms. The number of allylic oxidation sites excluding steroid dienone is 1. The van der Waals surface area contributed by atoms with Gasteiger partial charge in [-0.25, -0.2) is 4.79 Å². The zero-order chi connectivity index (χ0) is 19.2. The van der Waals surface area contributed by atoms with E-state index in [-0.39, 0.29) is 11.8 Å².